The van der Waals surface area contributed by atoms with Gasteiger partial charge in [-0.2, -0.15) is 0 Å². The number of nitrogens with one attached hydrogen (secondary N) is 3. The zero-order chi connectivity index (χ0) is 19.2. The smallest absolute Gasteiger partial charge is 0.307 e. The average Bonchev–Trinajstić information content (AvgIpc) is 3.01. The summed E-state index contributed by atoms with van der Waals surface area (Å²) >= 11 is 5.92. The Balaban J connectivity index is 1.63. The summed E-state index contributed by atoms with van der Waals surface area (Å²) in [4.78, 5) is 31.9. The van der Waals surface area contributed by atoms with Crippen LogP contribution >= 0.6 is 11.6 Å². The first kappa shape index (κ1) is 17.5. The molecule has 0 bridgehead atoms. The fraction of sp³-hybridized carbons (Fsp3) is 0.0625. The maximum atomic E-state index is 12.5. The summed E-state index contributed by atoms with van der Waals surface area (Å²) in [6.07, 6.45) is 3.33. The molecule has 0 saturated heterocycles. The Morgan fingerprint density at radius 1 is 1.11 bits per heavy atom. The molecule has 0 aliphatic carbocycles. The van der Waals surface area contributed by atoms with E-state index < -0.39 is 21.3 Å². The number of aromatic nitrogens is 4. The van der Waals surface area contributed by atoms with E-state index in [1.54, 1.807) is 28.9 Å². The normalized spacial score (nSPS) is 12.0. The third-order valence-electron chi connectivity index (χ3n) is 3.93. The van der Waals surface area contributed by atoms with Crippen LogP contribution in [-0.4, -0.2) is 27.8 Å². The molecule has 11 heteroatoms. The number of fused-ring (bicyclic) bond motifs is 2. The number of imidazole rings is 1. The summed E-state index contributed by atoms with van der Waals surface area (Å²) < 4.78 is 29.2. The van der Waals surface area contributed by atoms with Crippen molar-refractivity contribution in [1.82, 2.24) is 24.1 Å². The van der Waals surface area contributed by atoms with Gasteiger partial charge in [0.1, 0.15) is 5.65 Å². The molecule has 0 spiro atoms. The maximum absolute atomic E-state index is 12.5. The summed E-state index contributed by atoms with van der Waals surface area (Å²) in [6.45, 7) is -0.0400. The minimum Gasteiger partial charge on any atom is -0.307 e. The molecule has 3 heterocycles. The van der Waals surface area contributed by atoms with E-state index in [0.717, 1.165) is 0 Å². The van der Waals surface area contributed by atoms with E-state index in [2.05, 4.69) is 19.7 Å². The van der Waals surface area contributed by atoms with Crippen molar-refractivity contribution in [3.8, 4) is 0 Å². The molecular formula is C16H12ClN5O4S. The number of H-pyrrole nitrogens is 2. The predicted molar refractivity (Wildman–Crippen MR) is 99.4 cm³/mol. The highest BCUT2D eigenvalue weighted by atomic mass is 35.5. The molecule has 0 aliphatic rings. The van der Waals surface area contributed by atoms with Gasteiger partial charge in [-0.1, -0.05) is 11.6 Å². The lowest BCUT2D eigenvalue weighted by atomic mass is 10.2. The average molecular weight is 406 g/mol. The van der Waals surface area contributed by atoms with Crippen LogP contribution in [0.2, 0.25) is 5.02 Å². The largest absolute Gasteiger partial charge is 0.326 e. The van der Waals surface area contributed by atoms with Crippen LogP contribution in [0.25, 0.3) is 16.6 Å². The van der Waals surface area contributed by atoms with Crippen molar-refractivity contribution in [1.29, 1.82) is 0 Å². The third-order valence-corrected chi connectivity index (χ3v) is 5.55. The Morgan fingerprint density at radius 3 is 2.74 bits per heavy atom. The first-order valence-corrected chi connectivity index (χ1v) is 9.57. The van der Waals surface area contributed by atoms with Crippen molar-refractivity contribution in [2.45, 2.75) is 11.4 Å². The first-order chi connectivity index (χ1) is 12.8. The molecule has 3 aromatic heterocycles. The molecule has 3 N–H and O–H groups in total. The summed E-state index contributed by atoms with van der Waals surface area (Å²) in [5.74, 6) is 0. The van der Waals surface area contributed by atoms with Gasteiger partial charge in [0.2, 0.25) is 10.0 Å². The van der Waals surface area contributed by atoms with Gasteiger partial charge >= 0.3 is 5.69 Å². The second-order valence-corrected chi connectivity index (χ2v) is 7.99. The molecule has 0 atom stereocenters. The first-order valence-electron chi connectivity index (χ1n) is 7.71. The van der Waals surface area contributed by atoms with Gasteiger partial charge in [0.05, 0.1) is 33.1 Å². The number of pyridine rings is 1. The monoisotopic (exact) mass is 405 g/mol. The van der Waals surface area contributed by atoms with Gasteiger partial charge in [0.25, 0.3) is 5.56 Å². The second-order valence-electron chi connectivity index (χ2n) is 5.79. The van der Waals surface area contributed by atoms with Crippen LogP contribution in [0.5, 0.6) is 0 Å². The Morgan fingerprint density at radius 2 is 1.93 bits per heavy atom. The molecule has 9 nitrogen and oxygen atoms in total. The van der Waals surface area contributed by atoms with Crippen LogP contribution in [0.4, 0.5) is 0 Å². The summed E-state index contributed by atoms with van der Waals surface area (Å²) in [6, 6.07) is 7.29. The minimum atomic E-state index is -3.89. The predicted octanol–water partition coefficient (Wildman–Crippen LogP) is 0.996. The summed E-state index contributed by atoms with van der Waals surface area (Å²) in [5.41, 5.74) is 0.0646. The number of halogens is 1. The Kier molecular flexibility index (Phi) is 4.10. The van der Waals surface area contributed by atoms with Crippen molar-refractivity contribution < 1.29 is 8.42 Å². The van der Waals surface area contributed by atoms with Crippen molar-refractivity contribution in [2.75, 3.05) is 0 Å². The Bertz CT molecular complexity index is 1400. The number of aromatic amines is 2. The number of benzene rings is 1. The molecule has 0 saturated carbocycles. The van der Waals surface area contributed by atoms with Crippen LogP contribution in [0.3, 0.4) is 0 Å². The molecule has 0 unspecified atom stereocenters. The zero-order valence-corrected chi connectivity index (χ0v) is 15.1. The van der Waals surface area contributed by atoms with Gasteiger partial charge in [-0.05, 0) is 30.3 Å². The molecule has 0 fully saturated rings. The van der Waals surface area contributed by atoms with E-state index in [1.165, 1.54) is 18.2 Å². The van der Waals surface area contributed by atoms with Crippen LogP contribution in [0.15, 0.2) is 57.2 Å². The molecule has 27 heavy (non-hydrogen) atoms. The molecule has 4 aromatic rings. The lowest BCUT2D eigenvalue weighted by Gasteiger charge is -2.06. The Labute approximate surface area is 156 Å². The molecule has 0 radical (unpaired) electrons. The molecule has 0 aliphatic heterocycles. The number of rotatable bonds is 4. The van der Waals surface area contributed by atoms with Gasteiger partial charge in [-0.15, -0.1) is 0 Å². The van der Waals surface area contributed by atoms with Gasteiger partial charge in [0, 0.05) is 12.4 Å². The number of nitrogens with zero attached hydrogens (tertiary/aromatic N) is 2. The Hall–Kier alpha value is -2.95. The van der Waals surface area contributed by atoms with E-state index >= 15 is 0 Å². The van der Waals surface area contributed by atoms with Gasteiger partial charge < -0.3 is 9.38 Å². The van der Waals surface area contributed by atoms with Gasteiger partial charge in [-0.3, -0.25) is 9.78 Å². The molecule has 4 rings (SSSR count). The summed E-state index contributed by atoms with van der Waals surface area (Å²) in [7, 11) is -3.89. The van der Waals surface area contributed by atoms with Crippen LogP contribution in [-0.2, 0) is 16.6 Å². The van der Waals surface area contributed by atoms with E-state index in [-0.39, 0.29) is 22.3 Å². The standard InChI is InChI=1S/C16H12ClN5O4S/c17-9-1-4-14-19-10(8-22(14)7-9)6-18-27(25,26)11-2-3-13-12(5-11)15(23)21-16(24)20-13/h1-5,7-8,18H,6H2,(H2,20,21,23,24). The van der Waals surface area contributed by atoms with E-state index in [9.17, 15) is 18.0 Å². The fourth-order valence-corrected chi connectivity index (χ4v) is 3.86. The molecular weight excluding hydrogens is 394 g/mol. The molecule has 0 amide bonds. The van der Waals surface area contributed by atoms with Gasteiger partial charge in [-0.25, -0.2) is 22.9 Å². The SMILES string of the molecule is O=c1[nH]c(=O)c2cc(S(=O)(=O)NCc3cn4cc(Cl)ccc4n3)ccc2[nH]1. The number of sulfonamides is 1. The minimum absolute atomic E-state index is 0.0400. The lowest BCUT2D eigenvalue weighted by molar-refractivity contribution is 0.580. The number of hydrogen-bond donors (Lipinski definition) is 3. The van der Waals surface area contributed by atoms with E-state index in [1.807, 2.05) is 0 Å². The van der Waals surface area contributed by atoms with Crippen molar-refractivity contribution in [3.63, 3.8) is 0 Å². The maximum Gasteiger partial charge on any atom is 0.326 e. The highest BCUT2D eigenvalue weighted by molar-refractivity contribution is 7.89. The fourth-order valence-electron chi connectivity index (χ4n) is 2.67. The van der Waals surface area contributed by atoms with Crippen LogP contribution in [0.1, 0.15) is 5.69 Å². The van der Waals surface area contributed by atoms with Crippen molar-refractivity contribution in [3.05, 3.63) is 74.3 Å². The quantitative estimate of drug-likeness (QED) is 0.466. The molecule has 138 valence electrons. The zero-order valence-electron chi connectivity index (χ0n) is 13.6. The highest BCUT2D eigenvalue weighted by Gasteiger charge is 2.16. The van der Waals surface area contributed by atoms with Gasteiger partial charge in [0.15, 0.2) is 0 Å². The van der Waals surface area contributed by atoms with E-state index in [4.69, 9.17) is 11.6 Å². The lowest BCUT2D eigenvalue weighted by Crippen LogP contribution is -2.25. The topological polar surface area (TPSA) is 129 Å². The van der Waals surface area contributed by atoms with Crippen LogP contribution in [0, 0.1) is 0 Å². The number of hydrogen-bond acceptors (Lipinski definition) is 5. The molecule has 1 aromatic carbocycles. The summed E-state index contributed by atoms with van der Waals surface area (Å²) in [5, 5.41) is 0.603. The van der Waals surface area contributed by atoms with E-state index in [0.29, 0.717) is 16.4 Å². The highest BCUT2D eigenvalue weighted by Crippen LogP contribution is 2.15. The van der Waals surface area contributed by atoms with Crippen LogP contribution < -0.4 is 16.0 Å². The third kappa shape index (κ3) is 3.37. The van der Waals surface area contributed by atoms with Crippen molar-refractivity contribution >= 4 is 38.2 Å². The van der Waals surface area contributed by atoms with Crippen molar-refractivity contribution in [2.24, 2.45) is 0 Å². The second kappa shape index (κ2) is 6.34.